The molecule has 0 atom stereocenters. The molecule has 0 spiro atoms. The van der Waals surface area contributed by atoms with E-state index in [0.29, 0.717) is 57.6 Å². The molecule has 0 fully saturated rings. The molecule has 4 N–H and O–H groups in total. The summed E-state index contributed by atoms with van der Waals surface area (Å²) >= 11 is 12.0. The molecule has 18 nitrogen and oxygen atoms in total. The molecule has 0 radical (unpaired) electrons. The number of anilines is 2. The Bertz CT molecular complexity index is 3480. The van der Waals surface area contributed by atoms with Gasteiger partial charge < -0.3 is 34.9 Å². The first-order valence-electron chi connectivity index (χ1n) is 22.1. The van der Waals surface area contributed by atoms with Crippen molar-refractivity contribution in [1.29, 1.82) is 0 Å². The number of ether oxygens (including phenoxy) is 2. The molecule has 23 heteroatoms. The Hall–Kier alpha value is -6.72. The number of phenols is 1. The van der Waals surface area contributed by atoms with E-state index in [2.05, 4.69) is 31.1 Å². The second-order valence-electron chi connectivity index (χ2n) is 16.0. The summed E-state index contributed by atoms with van der Waals surface area (Å²) in [5.41, 5.74) is 1.36. The Labute approximate surface area is 470 Å². The third kappa shape index (κ3) is 14.0. The Balaban J connectivity index is 0.000000241. The molecular weight excluding hydrogens is 1080 g/mol. The number of rotatable bonds is 14. The van der Waals surface area contributed by atoms with Crippen molar-refractivity contribution in [3.63, 3.8) is 0 Å². The fraction of sp³-hybridized carbons (Fsp3) is 0.115. The van der Waals surface area contributed by atoms with Crippen LogP contribution in [0.2, 0.25) is 10.0 Å². The molecule has 8 rings (SSSR count). The molecule has 8 aromatic carbocycles. The van der Waals surface area contributed by atoms with E-state index in [4.69, 9.17) is 32.7 Å². The Morgan fingerprint density at radius 3 is 1.45 bits per heavy atom. The Morgan fingerprint density at radius 1 is 0.600 bits per heavy atom. The number of nitrogens with one attached hydrogen (secondary N) is 2. The number of phenolic OH excluding ortho intramolecular Hbond substituents is 1. The number of nitrogens with zero attached hydrogens (tertiary/aromatic N) is 4. The smallest absolute Gasteiger partial charge is 0.870 e. The first-order chi connectivity index (χ1) is 35.2. The van der Waals surface area contributed by atoms with Crippen molar-refractivity contribution in [3.8, 4) is 23.0 Å². The van der Waals surface area contributed by atoms with Gasteiger partial charge in [-0.05, 0) is 135 Å². The van der Waals surface area contributed by atoms with E-state index in [0.717, 1.165) is 6.07 Å². The molecule has 0 unspecified atom stereocenters. The summed E-state index contributed by atoms with van der Waals surface area (Å²) in [6.45, 7) is 7.61. The summed E-state index contributed by atoms with van der Waals surface area (Å²) in [6.07, 6.45) is 0. The van der Waals surface area contributed by atoms with Gasteiger partial charge in [0.2, 0.25) is 0 Å². The topological polar surface area (TPSA) is 281 Å². The monoisotopic (exact) mass is 1120 g/mol. The number of fused-ring (bicyclic) bond motifs is 2. The molecular formula is C52H42CaCl2N6O12S2. The van der Waals surface area contributed by atoms with Crippen LogP contribution < -0.4 is 25.2 Å². The predicted molar refractivity (Wildman–Crippen MR) is 284 cm³/mol. The van der Waals surface area contributed by atoms with Gasteiger partial charge in [-0.15, -0.1) is 5.11 Å². The van der Waals surface area contributed by atoms with Crippen molar-refractivity contribution in [3.05, 3.63) is 166 Å². The van der Waals surface area contributed by atoms with Gasteiger partial charge in [-0.1, -0.05) is 77.5 Å². The molecule has 8 aromatic rings. The minimum atomic E-state index is -4.79. The summed E-state index contributed by atoms with van der Waals surface area (Å²) < 4.78 is 77.7. The van der Waals surface area contributed by atoms with Gasteiger partial charge in [-0.2, -0.15) is 23.8 Å². The maximum Gasteiger partial charge on any atom is 2.00 e. The maximum atomic E-state index is 13.3. The molecule has 0 bridgehead atoms. The summed E-state index contributed by atoms with van der Waals surface area (Å²) in [5, 5.41) is 47.9. The normalized spacial score (nSPS) is 11.5. The van der Waals surface area contributed by atoms with Crippen LogP contribution in [0.1, 0.15) is 45.7 Å². The van der Waals surface area contributed by atoms with Crippen molar-refractivity contribution >= 4 is 149 Å². The third-order valence-electron chi connectivity index (χ3n) is 10.8. The van der Waals surface area contributed by atoms with E-state index >= 15 is 0 Å². The number of hydrogen-bond acceptors (Lipinski definition) is 15. The molecule has 0 heterocycles. The third-order valence-corrected chi connectivity index (χ3v) is 13.7. The molecule has 0 saturated carbocycles. The second kappa shape index (κ2) is 24.7. The molecule has 0 aromatic heterocycles. The zero-order valence-electron chi connectivity index (χ0n) is 40.2. The van der Waals surface area contributed by atoms with Crippen molar-refractivity contribution in [2.45, 2.75) is 37.5 Å². The fourth-order valence-corrected chi connectivity index (χ4v) is 10.2. The molecule has 0 aliphatic carbocycles. The number of benzene rings is 8. The minimum absolute atomic E-state index is 0. The van der Waals surface area contributed by atoms with Gasteiger partial charge in [0.15, 0.2) is 5.75 Å². The summed E-state index contributed by atoms with van der Waals surface area (Å²) in [7, 11) is -9.31. The van der Waals surface area contributed by atoms with Gasteiger partial charge in [-0.25, -0.2) is 8.42 Å². The fourth-order valence-electron chi connectivity index (χ4n) is 7.57. The second-order valence-corrected chi connectivity index (χ2v) is 19.5. The van der Waals surface area contributed by atoms with Gasteiger partial charge in [0.25, 0.3) is 21.9 Å². The zero-order chi connectivity index (χ0) is 53.5. The van der Waals surface area contributed by atoms with E-state index in [1.165, 1.54) is 38.1 Å². The van der Waals surface area contributed by atoms with Crippen LogP contribution in [0, 0.1) is 13.8 Å². The average Bonchev–Trinajstić information content (AvgIpc) is 3.33. The zero-order valence-corrected chi connectivity index (χ0v) is 45.5. The van der Waals surface area contributed by atoms with Crippen LogP contribution in [-0.2, 0) is 20.2 Å². The number of carbonyl (C=O) groups excluding carboxylic acids is 2. The van der Waals surface area contributed by atoms with Gasteiger partial charge in [0.05, 0.1) is 50.8 Å². The summed E-state index contributed by atoms with van der Waals surface area (Å²) in [5.74, 6) is -0.900. The quantitative estimate of drug-likeness (QED) is 0.0449. The largest absolute Gasteiger partial charge is 2.00 e. The molecule has 2 amide bonds. The van der Waals surface area contributed by atoms with E-state index in [-0.39, 0.29) is 98.5 Å². The van der Waals surface area contributed by atoms with Crippen LogP contribution in [0.4, 0.5) is 34.1 Å². The first kappa shape index (κ1) is 57.6. The van der Waals surface area contributed by atoms with Crippen molar-refractivity contribution in [1.82, 2.24) is 0 Å². The maximum absolute atomic E-state index is 13.3. The van der Waals surface area contributed by atoms with E-state index in [1.54, 1.807) is 103 Å². The Kier molecular flexibility index (Phi) is 19.0. The van der Waals surface area contributed by atoms with Crippen molar-refractivity contribution in [2.75, 3.05) is 23.8 Å². The van der Waals surface area contributed by atoms with Crippen LogP contribution in [0.15, 0.2) is 164 Å². The SMILES string of the molecule is CCOc1ccc(NC(=O)c2cc3ccccc3c(N=Nc3cc(C)c(S(=O)(=O)O)c(Cl)c3)c2O)cc1.CCOc1ccc(NC(=O)c2cc3ccccc3c(N=Nc3cc(C)c(S(=O)(=O)[O-])c(Cl)c3)c2[O-])cc1.[Ca+2]. The summed E-state index contributed by atoms with van der Waals surface area (Å²) in [4.78, 5) is 25.1. The molecule has 0 aliphatic rings. The van der Waals surface area contributed by atoms with E-state index < -0.39 is 47.6 Å². The van der Waals surface area contributed by atoms with Crippen LogP contribution in [0.5, 0.6) is 23.0 Å². The van der Waals surface area contributed by atoms with Gasteiger partial charge in [0, 0.05) is 27.7 Å². The van der Waals surface area contributed by atoms with Gasteiger partial charge in [-0.3, -0.25) is 14.1 Å². The number of carbonyl (C=O) groups is 2. The number of aryl methyl sites for hydroxylation is 2. The van der Waals surface area contributed by atoms with E-state index in [1.807, 2.05) is 13.8 Å². The molecule has 380 valence electrons. The number of hydrogen-bond donors (Lipinski definition) is 4. The van der Waals surface area contributed by atoms with Crippen molar-refractivity contribution in [2.24, 2.45) is 20.5 Å². The number of halogens is 2. The van der Waals surface area contributed by atoms with Gasteiger partial charge >= 0.3 is 37.7 Å². The Morgan fingerprint density at radius 2 is 1.01 bits per heavy atom. The number of azo groups is 2. The van der Waals surface area contributed by atoms with Crippen LogP contribution >= 0.6 is 23.2 Å². The standard InChI is InChI=1S/2C26H22ClN3O6S.Ca/c2*1-3-36-19-10-8-17(9-11-19)28-26(32)21-13-16-6-4-5-7-20(16)23(24(21)31)30-29-18-12-15(2)25(22(27)14-18)37(33,34)35;/h2*4-14,31H,3H2,1-2H3,(H,28,32)(H,33,34,35);/q;;+2/p-2. The van der Waals surface area contributed by atoms with Crippen LogP contribution in [0.3, 0.4) is 0 Å². The molecule has 0 saturated heterocycles. The minimum Gasteiger partial charge on any atom is -0.870 e. The van der Waals surface area contributed by atoms with E-state index in [9.17, 15) is 45.7 Å². The average molecular weight is 1120 g/mol. The first-order valence-corrected chi connectivity index (χ1v) is 25.7. The number of aromatic hydroxyl groups is 1. The van der Waals surface area contributed by atoms with Crippen molar-refractivity contribution < 1.29 is 55.2 Å². The summed E-state index contributed by atoms with van der Waals surface area (Å²) in [6, 6.07) is 35.5. The molecule has 0 aliphatic heterocycles. The van der Waals surface area contributed by atoms with Crippen LogP contribution in [-0.4, -0.2) is 93.8 Å². The predicted octanol–water partition coefficient (Wildman–Crippen LogP) is 12.3. The van der Waals surface area contributed by atoms with Gasteiger partial charge in [0.1, 0.15) is 32.2 Å². The van der Waals surface area contributed by atoms with Crippen LogP contribution in [0.25, 0.3) is 21.5 Å². The molecule has 75 heavy (non-hydrogen) atoms. The number of amides is 2.